The number of hydrogen-bond acceptors (Lipinski definition) is 10. The average Bonchev–Trinajstić information content (AvgIpc) is 3.43. The summed E-state index contributed by atoms with van der Waals surface area (Å²) in [7, 11) is -1.04. The summed E-state index contributed by atoms with van der Waals surface area (Å²) in [4.78, 5) is 38.9. The zero-order valence-corrected chi connectivity index (χ0v) is 29.1. The number of halogens is 1. The Hall–Kier alpha value is -1.73. The molecule has 4 aliphatic rings. The highest BCUT2D eigenvalue weighted by Crippen LogP contribution is 2.59. The molecular weight excluding hydrogens is 640 g/mol. The van der Waals surface area contributed by atoms with Gasteiger partial charge in [0.25, 0.3) is 0 Å². The third-order valence-electron chi connectivity index (χ3n) is 10.4. The van der Waals surface area contributed by atoms with Crippen LogP contribution < -0.4 is 0 Å². The normalized spacial score (nSPS) is 37.0. The third-order valence-corrected chi connectivity index (χ3v) is 17.3. The van der Waals surface area contributed by atoms with Gasteiger partial charge in [-0.1, -0.05) is 57.5 Å². The summed E-state index contributed by atoms with van der Waals surface area (Å²) >= 11 is 3.63. The molecule has 4 bridgehead atoms. The summed E-state index contributed by atoms with van der Waals surface area (Å²) in [5, 5.41) is 11.5. The Balaban J connectivity index is 1.64. The molecule has 5 rings (SSSR count). The number of carbonyl (C=O) groups is 3. The topological polar surface area (TPSA) is 134 Å². The van der Waals surface area contributed by atoms with Crippen molar-refractivity contribution in [3.63, 3.8) is 0 Å². The fraction of sp³-hybridized carbons (Fsp3) is 0.774. The van der Waals surface area contributed by atoms with E-state index in [2.05, 4.69) is 57.5 Å². The van der Waals surface area contributed by atoms with E-state index in [1.807, 2.05) is 0 Å². The average molecular weight is 686 g/mol. The minimum Gasteiger partial charge on any atom is -0.465 e. The maximum atomic E-state index is 13.4. The van der Waals surface area contributed by atoms with Crippen LogP contribution in [0.4, 0.5) is 0 Å². The molecule has 1 aromatic rings. The summed E-state index contributed by atoms with van der Waals surface area (Å²) in [6.45, 7) is 16.4. The molecule has 12 heteroatoms. The summed E-state index contributed by atoms with van der Waals surface area (Å²) < 4.78 is 35.4. The standard InChI is InChI=1S/C31H45BrO10Si/c1-14(2)43(15(3)4,16(5)6)42-21-10-19-18(21)12-24(38-17(7)33)31-27(41-31)23(40-29(31)36)13-30(8,32)26(34)22-11-20(25(19)39-22)28(35)37-9/h11,14-16,18-19,21,23-24,26-27,34H,10,12-13H2,1-9H3/t18-,19+,21+,23+,24-,26+,27+,30+,31+/m1/s1. The highest BCUT2D eigenvalue weighted by molar-refractivity contribution is 9.10. The van der Waals surface area contributed by atoms with E-state index in [1.54, 1.807) is 13.0 Å². The molecule has 10 nitrogen and oxygen atoms in total. The number of carbonyl (C=O) groups excluding carboxylic acids is 3. The van der Waals surface area contributed by atoms with Crippen LogP contribution in [0.25, 0.3) is 0 Å². The number of methoxy groups -OCH3 is 1. The van der Waals surface area contributed by atoms with Crippen molar-refractivity contribution in [1.29, 1.82) is 0 Å². The van der Waals surface area contributed by atoms with E-state index >= 15 is 0 Å². The van der Waals surface area contributed by atoms with Gasteiger partial charge in [-0.25, -0.2) is 9.59 Å². The lowest BCUT2D eigenvalue weighted by Gasteiger charge is -2.52. The zero-order chi connectivity index (χ0) is 31.8. The first-order valence-electron chi connectivity index (χ1n) is 15.3. The minimum atomic E-state index is -2.34. The van der Waals surface area contributed by atoms with Gasteiger partial charge in [-0.05, 0) is 48.4 Å². The first-order chi connectivity index (χ1) is 20.0. The molecule has 0 spiro atoms. The molecular formula is C31H45BrO10Si. The van der Waals surface area contributed by atoms with Gasteiger partial charge in [0.05, 0.1) is 11.4 Å². The number of hydrogen-bond donors (Lipinski definition) is 1. The quantitative estimate of drug-likeness (QED) is 0.125. The number of aliphatic hydroxyl groups is 1. The fourth-order valence-electron chi connectivity index (χ4n) is 8.27. The zero-order valence-electron chi connectivity index (χ0n) is 26.5. The second kappa shape index (κ2) is 11.3. The fourth-order valence-corrected chi connectivity index (χ4v) is 14.4. The number of esters is 3. The van der Waals surface area contributed by atoms with E-state index in [-0.39, 0.29) is 42.1 Å². The summed E-state index contributed by atoms with van der Waals surface area (Å²) in [6, 6.07) is 1.54. The van der Waals surface area contributed by atoms with Crippen molar-refractivity contribution in [2.45, 2.75) is 138 Å². The lowest BCUT2D eigenvalue weighted by Crippen LogP contribution is -2.56. The molecule has 4 heterocycles. The molecule has 9 atom stereocenters. The van der Waals surface area contributed by atoms with Crippen molar-refractivity contribution in [3.05, 3.63) is 23.2 Å². The van der Waals surface area contributed by atoms with Crippen LogP contribution in [0.1, 0.15) is 109 Å². The van der Waals surface area contributed by atoms with E-state index in [0.29, 0.717) is 28.8 Å². The second-order valence-electron chi connectivity index (χ2n) is 13.9. The molecule has 1 saturated carbocycles. The molecule has 1 aromatic heterocycles. The van der Waals surface area contributed by atoms with Crippen LogP contribution in [0.15, 0.2) is 10.5 Å². The molecule has 1 N–H and O–H groups in total. The highest BCUT2D eigenvalue weighted by Gasteiger charge is 2.78. The first kappa shape index (κ1) is 32.7. The van der Waals surface area contributed by atoms with Crippen LogP contribution in [0.5, 0.6) is 0 Å². The monoisotopic (exact) mass is 684 g/mol. The molecule has 0 unspecified atom stereocenters. The molecule has 1 aliphatic carbocycles. The van der Waals surface area contributed by atoms with Crippen molar-refractivity contribution in [2.75, 3.05) is 7.11 Å². The summed E-state index contributed by atoms with van der Waals surface area (Å²) in [5.41, 5.74) is -0.191. The summed E-state index contributed by atoms with van der Waals surface area (Å²) in [5.74, 6) is -1.67. The van der Waals surface area contributed by atoms with Crippen LogP contribution in [-0.4, -0.2) is 72.8 Å². The van der Waals surface area contributed by atoms with E-state index in [4.69, 9.17) is 27.8 Å². The van der Waals surface area contributed by atoms with E-state index in [9.17, 15) is 19.5 Å². The number of aliphatic hydroxyl groups excluding tert-OH is 1. The number of alkyl halides is 1. The molecule has 3 fully saturated rings. The number of furan rings is 1. The van der Waals surface area contributed by atoms with E-state index < -0.39 is 60.6 Å². The van der Waals surface area contributed by atoms with Crippen LogP contribution in [0, 0.1) is 5.92 Å². The van der Waals surface area contributed by atoms with Gasteiger partial charge >= 0.3 is 17.9 Å². The Morgan fingerprint density at radius 2 is 1.74 bits per heavy atom. The number of rotatable bonds is 7. The Kier molecular flexibility index (Phi) is 8.55. The van der Waals surface area contributed by atoms with Gasteiger partial charge in [-0.2, -0.15) is 0 Å². The van der Waals surface area contributed by atoms with Gasteiger partial charge in [0.15, 0.2) is 0 Å². The molecule has 240 valence electrons. The van der Waals surface area contributed by atoms with Crippen molar-refractivity contribution >= 4 is 42.2 Å². The van der Waals surface area contributed by atoms with Crippen LogP contribution in [0.2, 0.25) is 16.6 Å². The van der Waals surface area contributed by atoms with Gasteiger partial charge in [-0.3, -0.25) is 4.79 Å². The predicted octanol–water partition coefficient (Wildman–Crippen LogP) is 5.71. The third kappa shape index (κ3) is 5.12. The van der Waals surface area contributed by atoms with Crippen LogP contribution in [-0.2, 0) is 33.0 Å². The van der Waals surface area contributed by atoms with Crippen molar-refractivity contribution in [1.82, 2.24) is 0 Å². The molecule has 0 aromatic carbocycles. The number of ether oxygens (including phenoxy) is 4. The summed E-state index contributed by atoms with van der Waals surface area (Å²) in [6.07, 6.45) is -2.67. The highest BCUT2D eigenvalue weighted by atomic mass is 79.9. The lowest BCUT2D eigenvalue weighted by molar-refractivity contribution is -0.168. The second-order valence-corrected chi connectivity index (χ2v) is 21.1. The minimum absolute atomic E-state index is 0.187. The van der Waals surface area contributed by atoms with Crippen LogP contribution >= 0.6 is 15.9 Å². The largest absolute Gasteiger partial charge is 0.465 e. The lowest BCUT2D eigenvalue weighted by atomic mass is 9.65. The Morgan fingerprint density at radius 1 is 1.12 bits per heavy atom. The first-order valence-corrected chi connectivity index (χ1v) is 18.3. The maximum Gasteiger partial charge on any atom is 0.345 e. The van der Waals surface area contributed by atoms with Gasteiger partial charge in [0.2, 0.25) is 13.9 Å². The van der Waals surface area contributed by atoms with Crippen molar-refractivity contribution in [2.24, 2.45) is 5.92 Å². The van der Waals surface area contributed by atoms with Gasteiger partial charge in [0.1, 0.15) is 41.5 Å². The van der Waals surface area contributed by atoms with Crippen molar-refractivity contribution < 1.29 is 47.3 Å². The molecule has 3 aliphatic heterocycles. The van der Waals surface area contributed by atoms with Gasteiger partial charge in [-0.15, -0.1) is 0 Å². The Bertz CT molecular complexity index is 1250. The van der Waals surface area contributed by atoms with Gasteiger partial charge < -0.3 is 32.9 Å². The molecule has 0 amide bonds. The van der Waals surface area contributed by atoms with Gasteiger partial charge in [0, 0.05) is 25.4 Å². The van der Waals surface area contributed by atoms with Crippen LogP contribution in [0.3, 0.4) is 0 Å². The smallest absolute Gasteiger partial charge is 0.345 e. The molecule has 2 saturated heterocycles. The predicted molar refractivity (Wildman–Crippen MR) is 161 cm³/mol. The van der Waals surface area contributed by atoms with E-state index in [1.165, 1.54) is 14.0 Å². The Morgan fingerprint density at radius 3 is 2.28 bits per heavy atom. The number of epoxide rings is 1. The maximum absolute atomic E-state index is 13.4. The number of fused-ring (bicyclic) bond motifs is 4. The molecule has 43 heavy (non-hydrogen) atoms. The van der Waals surface area contributed by atoms with E-state index in [0.717, 1.165) is 0 Å². The molecule has 0 radical (unpaired) electrons. The Labute approximate surface area is 262 Å². The van der Waals surface area contributed by atoms with Crippen molar-refractivity contribution in [3.8, 4) is 0 Å². The SMILES string of the molecule is COC(=O)c1cc2oc1[C@H]1C[C@H](O[Si](C(C)C)(C(C)C)C(C)C)[C@@H]1C[C@@H](OC(C)=O)[C@]13O[C@H]1[C@H](C[C@](C)(Br)[C@H]2O)OC3=O.